The van der Waals surface area contributed by atoms with E-state index in [1.54, 1.807) is 24.3 Å². The first kappa shape index (κ1) is 16.4. The molecule has 1 atom stereocenters. The molecule has 2 aromatic carbocycles. The van der Waals surface area contributed by atoms with Crippen molar-refractivity contribution >= 4 is 17.6 Å². The molecule has 1 N–H and O–H groups in total. The Labute approximate surface area is 135 Å². The molecule has 0 bridgehead atoms. The molecule has 0 aromatic heterocycles. The number of benzene rings is 2. The zero-order valence-electron chi connectivity index (χ0n) is 12.6. The SMILES string of the molecule is CC(C)C[C@H](Cl)C(=O)Oc1ccc(-c2ccc(O)cc2)cc1. The van der Waals surface area contributed by atoms with Gasteiger partial charge < -0.3 is 9.84 Å². The largest absolute Gasteiger partial charge is 0.508 e. The van der Waals surface area contributed by atoms with Gasteiger partial charge in [0, 0.05) is 0 Å². The number of esters is 1. The number of phenols is 1. The quantitative estimate of drug-likeness (QED) is 0.497. The third-order valence-corrected chi connectivity index (χ3v) is 3.56. The number of rotatable bonds is 5. The van der Waals surface area contributed by atoms with E-state index in [9.17, 15) is 9.90 Å². The fraction of sp³-hybridized carbons (Fsp3) is 0.278. The van der Waals surface area contributed by atoms with E-state index in [0.29, 0.717) is 18.1 Å². The van der Waals surface area contributed by atoms with Gasteiger partial charge >= 0.3 is 5.97 Å². The van der Waals surface area contributed by atoms with Crippen molar-refractivity contribution in [3.8, 4) is 22.6 Å². The van der Waals surface area contributed by atoms with E-state index in [0.717, 1.165) is 11.1 Å². The molecule has 0 aliphatic heterocycles. The fourth-order valence-electron chi connectivity index (χ4n) is 2.06. The molecule has 0 saturated carbocycles. The van der Waals surface area contributed by atoms with Crippen LogP contribution in [-0.4, -0.2) is 16.5 Å². The highest BCUT2D eigenvalue weighted by Crippen LogP contribution is 2.24. The van der Waals surface area contributed by atoms with Crippen molar-refractivity contribution in [1.82, 2.24) is 0 Å². The van der Waals surface area contributed by atoms with Crippen LogP contribution in [0.4, 0.5) is 0 Å². The van der Waals surface area contributed by atoms with E-state index >= 15 is 0 Å². The summed E-state index contributed by atoms with van der Waals surface area (Å²) in [5.41, 5.74) is 1.95. The normalized spacial score (nSPS) is 12.2. The van der Waals surface area contributed by atoms with Gasteiger partial charge in [-0.15, -0.1) is 11.6 Å². The van der Waals surface area contributed by atoms with Crippen molar-refractivity contribution in [2.45, 2.75) is 25.6 Å². The van der Waals surface area contributed by atoms with Gasteiger partial charge in [0.1, 0.15) is 16.9 Å². The van der Waals surface area contributed by atoms with Gasteiger partial charge in [0.15, 0.2) is 0 Å². The number of ether oxygens (including phenoxy) is 1. The van der Waals surface area contributed by atoms with Crippen molar-refractivity contribution in [1.29, 1.82) is 0 Å². The van der Waals surface area contributed by atoms with Crippen LogP contribution in [0, 0.1) is 5.92 Å². The molecule has 0 spiro atoms. The second kappa shape index (κ2) is 7.32. The van der Waals surface area contributed by atoms with Crippen molar-refractivity contribution in [2.24, 2.45) is 5.92 Å². The molecule has 0 aliphatic rings. The summed E-state index contributed by atoms with van der Waals surface area (Å²) in [6.07, 6.45) is 0.589. The number of alkyl halides is 1. The monoisotopic (exact) mass is 318 g/mol. The summed E-state index contributed by atoms with van der Waals surface area (Å²) in [6.45, 7) is 4.02. The average Bonchev–Trinajstić information content (AvgIpc) is 2.48. The van der Waals surface area contributed by atoms with E-state index in [2.05, 4.69) is 0 Å². The maximum Gasteiger partial charge on any atom is 0.329 e. The fourth-order valence-corrected chi connectivity index (χ4v) is 2.46. The van der Waals surface area contributed by atoms with Crippen LogP contribution in [-0.2, 0) is 4.79 Å². The number of aromatic hydroxyl groups is 1. The van der Waals surface area contributed by atoms with Gasteiger partial charge in [0.05, 0.1) is 0 Å². The number of phenolic OH excluding ortho intramolecular Hbond substituents is 1. The molecule has 0 radical (unpaired) electrons. The first-order chi connectivity index (χ1) is 10.5. The Morgan fingerprint density at radius 3 is 2.05 bits per heavy atom. The Balaban J connectivity index is 2.03. The van der Waals surface area contributed by atoms with Crippen molar-refractivity contribution in [3.63, 3.8) is 0 Å². The van der Waals surface area contributed by atoms with Gasteiger partial charge in [0.2, 0.25) is 0 Å². The van der Waals surface area contributed by atoms with Crippen LogP contribution in [0.5, 0.6) is 11.5 Å². The average molecular weight is 319 g/mol. The molecule has 4 heteroatoms. The summed E-state index contributed by atoms with van der Waals surface area (Å²) >= 11 is 6.02. The molecule has 0 amide bonds. The summed E-state index contributed by atoms with van der Waals surface area (Å²) < 4.78 is 5.28. The first-order valence-corrected chi connectivity index (χ1v) is 7.64. The third-order valence-electron chi connectivity index (χ3n) is 3.21. The summed E-state index contributed by atoms with van der Waals surface area (Å²) in [6, 6.07) is 14.1. The smallest absolute Gasteiger partial charge is 0.329 e. The topological polar surface area (TPSA) is 46.5 Å². The molecule has 22 heavy (non-hydrogen) atoms. The van der Waals surface area contributed by atoms with Gasteiger partial charge in [-0.2, -0.15) is 0 Å². The number of halogens is 1. The summed E-state index contributed by atoms with van der Waals surface area (Å²) in [5, 5.41) is 8.66. The van der Waals surface area contributed by atoms with Gasteiger partial charge in [-0.05, 0) is 47.7 Å². The van der Waals surface area contributed by atoms with Crippen LogP contribution in [0.3, 0.4) is 0 Å². The maximum absolute atomic E-state index is 11.9. The van der Waals surface area contributed by atoms with Gasteiger partial charge in [-0.1, -0.05) is 38.1 Å². The highest BCUT2D eigenvalue weighted by Gasteiger charge is 2.19. The molecule has 3 nitrogen and oxygen atoms in total. The molecule has 0 fully saturated rings. The molecular weight excluding hydrogens is 300 g/mol. The van der Waals surface area contributed by atoms with Crippen LogP contribution in [0.15, 0.2) is 48.5 Å². The molecule has 0 unspecified atom stereocenters. The van der Waals surface area contributed by atoms with Crippen LogP contribution in [0.2, 0.25) is 0 Å². The molecule has 0 saturated heterocycles. The number of hydrogen-bond acceptors (Lipinski definition) is 3. The number of carbonyl (C=O) groups is 1. The van der Waals surface area contributed by atoms with E-state index in [1.165, 1.54) is 0 Å². The van der Waals surface area contributed by atoms with Crippen molar-refractivity contribution in [2.75, 3.05) is 0 Å². The van der Waals surface area contributed by atoms with E-state index in [-0.39, 0.29) is 5.75 Å². The second-order valence-electron chi connectivity index (χ2n) is 5.59. The van der Waals surface area contributed by atoms with E-state index < -0.39 is 11.3 Å². The standard InChI is InChI=1S/C18H19ClO3/c1-12(2)11-17(19)18(21)22-16-9-5-14(6-10-16)13-3-7-15(20)8-4-13/h3-10,12,17,20H,11H2,1-2H3/t17-/m0/s1. The lowest BCUT2D eigenvalue weighted by Gasteiger charge is -2.11. The third kappa shape index (κ3) is 4.50. The Kier molecular flexibility index (Phi) is 5.45. The van der Waals surface area contributed by atoms with Crippen LogP contribution < -0.4 is 4.74 Å². The predicted molar refractivity (Wildman–Crippen MR) is 88.3 cm³/mol. The molecule has 2 rings (SSSR count). The molecular formula is C18H19ClO3. The molecule has 2 aromatic rings. The van der Waals surface area contributed by atoms with Crippen LogP contribution in [0.25, 0.3) is 11.1 Å². The minimum Gasteiger partial charge on any atom is -0.508 e. The van der Waals surface area contributed by atoms with Gasteiger partial charge in [-0.25, -0.2) is 0 Å². The maximum atomic E-state index is 11.9. The van der Waals surface area contributed by atoms with Gasteiger partial charge in [0.25, 0.3) is 0 Å². The second-order valence-corrected chi connectivity index (χ2v) is 6.12. The Hall–Kier alpha value is -2.00. The zero-order valence-corrected chi connectivity index (χ0v) is 13.4. The highest BCUT2D eigenvalue weighted by atomic mass is 35.5. The minimum absolute atomic E-state index is 0.229. The Bertz CT molecular complexity index is 618. The Morgan fingerprint density at radius 2 is 1.55 bits per heavy atom. The van der Waals surface area contributed by atoms with E-state index in [1.807, 2.05) is 38.1 Å². The lowest BCUT2D eigenvalue weighted by atomic mass is 10.1. The van der Waals surface area contributed by atoms with Crippen molar-refractivity contribution in [3.05, 3.63) is 48.5 Å². The number of hydrogen-bond donors (Lipinski definition) is 1. The summed E-state index contributed by atoms with van der Waals surface area (Å²) in [7, 11) is 0. The van der Waals surface area contributed by atoms with E-state index in [4.69, 9.17) is 16.3 Å². The van der Waals surface area contributed by atoms with Crippen LogP contribution >= 0.6 is 11.6 Å². The lowest BCUT2D eigenvalue weighted by molar-refractivity contribution is -0.134. The summed E-state index contributed by atoms with van der Waals surface area (Å²) in [4.78, 5) is 11.9. The Morgan fingerprint density at radius 1 is 1.05 bits per heavy atom. The predicted octanol–water partition coefficient (Wildman–Crippen LogP) is 4.62. The molecule has 0 heterocycles. The first-order valence-electron chi connectivity index (χ1n) is 7.21. The number of carbonyl (C=O) groups excluding carboxylic acids is 1. The zero-order chi connectivity index (χ0) is 16.1. The lowest BCUT2D eigenvalue weighted by Crippen LogP contribution is -2.22. The highest BCUT2D eigenvalue weighted by molar-refractivity contribution is 6.30. The summed E-state index contributed by atoms with van der Waals surface area (Å²) in [5.74, 6) is 0.620. The molecule has 0 aliphatic carbocycles. The molecule has 116 valence electrons. The van der Waals surface area contributed by atoms with Gasteiger partial charge in [-0.3, -0.25) is 4.79 Å². The minimum atomic E-state index is -0.628. The van der Waals surface area contributed by atoms with Crippen molar-refractivity contribution < 1.29 is 14.6 Å². The van der Waals surface area contributed by atoms with Crippen LogP contribution in [0.1, 0.15) is 20.3 Å².